The van der Waals surface area contributed by atoms with Crippen molar-refractivity contribution in [2.45, 2.75) is 26.4 Å². The highest BCUT2D eigenvalue weighted by atomic mass is 16.2. The van der Waals surface area contributed by atoms with E-state index in [-0.39, 0.29) is 11.9 Å². The maximum atomic E-state index is 12.4. The Morgan fingerprint density at radius 2 is 1.33 bits per heavy atom. The van der Waals surface area contributed by atoms with Crippen molar-refractivity contribution in [1.29, 1.82) is 0 Å². The third-order valence-corrected chi connectivity index (χ3v) is 4.83. The summed E-state index contributed by atoms with van der Waals surface area (Å²) in [5.74, 6) is -0.0885. The monoisotopic (exact) mass is 401 g/mol. The van der Waals surface area contributed by atoms with Gasteiger partial charge in [0.2, 0.25) is 0 Å². The fourth-order valence-electron chi connectivity index (χ4n) is 3.16. The molecule has 0 aromatic heterocycles. The molecular formula is C25H27N3O2. The number of rotatable bonds is 8. The number of hydrogen-bond acceptors (Lipinski definition) is 2. The van der Waals surface area contributed by atoms with Crippen molar-refractivity contribution in [3.8, 4) is 0 Å². The molecule has 0 aliphatic carbocycles. The highest BCUT2D eigenvalue weighted by Gasteiger charge is 2.08. The van der Waals surface area contributed by atoms with Crippen molar-refractivity contribution in [3.05, 3.63) is 107 Å². The molecule has 0 bridgehead atoms. The van der Waals surface area contributed by atoms with Crippen LogP contribution < -0.4 is 16.0 Å². The van der Waals surface area contributed by atoms with Crippen LogP contribution in [0.5, 0.6) is 0 Å². The molecule has 0 atom stereocenters. The summed E-state index contributed by atoms with van der Waals surface area (Å²) >= 11 is 0. The molecule has 3 aromatic carbocycles. The van der Waals surface area contributed by atoms with Crippen LogP contribution in [-0.2, 0) is 19.5 Å². The zero-order valence-electron chi connectivity index (χ0n) is 17.2. The van der Waals surface area contributed by atoms with E-state index < -0.39 is 0 Å². The van der Waals surface area contributed by atoms with Gasteiger partial charge in [-0.2, -0.15) is 0 Å². The molecule has 0 fully saturated rings. The summed E-state index contributed by atoms with van der Waals surface area (Å²) < 4.78 is 0. The molecule has 0 saturated heterocycles. The Balaban J connectivity index is 1.43. The number of urea groups is 1. The highest BCUT2D eigenvalue weighted by Crippen LogP contribution is 2.09. The van der Waals surface area contributed by atoms with Crippen LogP contribution in [-0.4, -0.2) is 18.5 Å². The summed E-state index contributed by atoms with van der Waals surface area (Å²) in [6.45, 7) is 3.37. The van der Waals surface area contributed by atoms with Crippen LogP contribution in [0.1, 0.15) is 32.6 Å². The van der Waals surface area contributed by atoms with E-state index in [1.54, 1.807) is 0 Å². The van der Waals surface area contributed by atoms with Crippen LogP contribution in [0.2, 0.25) is 0 Å². The van der Waals surface area contributed by atoms with Gasteiger partial charge in [0.25, 0.3) is 5.91 Å². The minimum atomic E-state index is -0.191. The Hall–Kier alpha value is -3.60. The fraction of sp³-hybridized carbons (Fsp3) is 0.200. The average Bonchev–Trinajstić information content (AvgIpc) is 2.77. The predicted octanol–water partition coefficient (Wildman–Crippen LogP) is 3.97. The molecule has 0 aliphatic heterocycles. The van der Waals surface area contributed by atoms with Crippen molar-refractivity contribution >= 4 is 11.9 Å². The molecule has 5 heteroatoms. The second-order valence-corrected chi connectivity index (χ2v) is 7.16. The van der Waals surface area contributed by atoms with Crippen LogP contribution in [0.25, 0.3) is 0 Å². The van der Waals surface area contributed by atoms with Gasteiger partial charge in [0.05, 0.1) is 0 Å². The van der Waals surface area contributed by atoms with E-state index in [1.165, 1.54) is 5.56 Å². The number of nitrogens with one attached hydrogen (secondary N) is 3. The number of carbonyl (C=O) groups is 2. The van der Waals surface area contributed by atoms with Gasteiger partial charge < -0.3 is 16.0 Å². The SMILES string of the molecule is Cc1ccccc1C(=O)NCc1cccc(CNC(=O)NCCc2ccccc2)c1. The lowest BCUT2D eigenvalue weighted by atomic mass is 10.1. The van der Waals surface area contributed by atoms with Gasteiger partial charge >= 0.3 is 6.03 Å². The minimum absolute atomic E-state index is 0.0885. The molecule has 3 rings (SSSR count). The number of hydrogen-bond donors (Lipinski definition) is 3. The molecule has 0 heterocycles. The van der Waals surface area contributed by atoms with Gasteiger partial charge in [-0.1, -0.05) is 72.8 Å². The predicted molar refractivity (Wildman–Crippen MR) is 119 cm³/mol. The van der Waals surface area contributed by atoms with Crippen LogP contribution in [0, 0.1) is 6.92 Å². The largest absolute Gasteiger partial charge is 0.348 e. The summed E-state index contributed by atoms with van der Waals surface area (Å²) in [7, 11) is 0. The van der Waals surface area contributed by atoms with Gasteiger partial charge in [-0.25, -0.2) is 4.79 Å². The normalized spacial score (nSPS) is 10.3. The van der Waals surface area contributed by atoms with Gasteiger partial charge in [-0.3, -0.25) is 4.79 Å². The Bertz CT molecular complexity index is 986. The highest BCUT2D eigenvalue weighted by molar-refractivity contribution is 5.95. The quantitative estimate of drug-likeness (QED) is 0.535. The van der Waals surface area contributed by atoms with E-state index in [1.807, 2.05) is 85.8 Å². The topological polar surface area (TPSA) is 70.2 Å². The van der Waals surface area contributed by atoms with Crippen molar-refractivity contribution < 1.29 is 9.59 Å². The average molecular weight is 402 g/mol. The van der Waals surface area contributed by atoms with Gasteiger partial charge in [-0.05, 0) is 41.7 Å². The second-order valence-electron chi connectivity index (χ2n) is 7.16. The van der Waals surface area contributed by atoms with Crippen LogP contribution in [0.3, 0.4) is 0 Å². The van der Waals surface area contributed by atoms with Crippen LogP contribution in [0.15, 0.2) is 78.9 Å². The molecule has 154 valence electrons. The van der Waals surface area contributed by atoms with Crippen molar-refractivity contribution in [3.63, 3.8) is 0 Å². The van der Waals surface area contributed by atoms with Gasteiger partial charge in [0, 0.05) is 25.2 Å². The van der Waals surface area contributed by atoms with Crippen LogP contribution >= 0.6 is 0 Å². The maximum absolute atomic E-state index is 12.4. The van der Waals surface area contributed by atoms with Gasteiger partial charge in [0.15, 0.2) is 0 Å². The lowest BCUT2D eigenvalue weighted by Gasteiger charge is -2.10. The lowest BCUT2D eigenvalue weighted by Crippen LogP contribution is -2.36. The first-order chi connectivity index (χ1) is 14.6. The van der Waals surface area contributed by atoms with Crippen molar-refractivity contribution in [2.75, 3.05) is 6.54 Å². The van der Waals surface area contributed by atoms with E-state index in [0.717, 1.165) is 23.1 Å². The third kappa shape index (κ3) is 6.48. The van der Waals surface area contributed by atoms with Crippen LogP contribution in [0.4, 0.5) is 4.79 Å². The molecule has 3 aromatic rings. The van der Waals surface area contributed by atoms with Crippen molar-refractivity contribution in [2.24, 2.45) is 0 Å². The summed E-state index contributed by atoms with van der Waals surface area (Å²) in [4.78, 5) is 24.4. The smallest absolute Gasteiger partial charge is 0.315 e. The first-order valence-corrected chi connectivity index (χ1v) is 10.1. The molecule has 0 saturated carbocycles. The molecule has 3 N–H and O–H groups in total. The zero-order chi connectivity index (χ0) is 21.2. The zero-order valence-corrected chi connectivity index (χ0v) is 17.2. The first kappa shape index (κ1) is 21.1. The van der Waals surface area contributed by atoms with E-state index in [2.05, 4.69) is 16.0 Å². The molecule has 0 radical (unpaired) electrons. The first-order valence-electron chi connectivity index (χ1n) is 10.1. The number of amides is 3. The van der Waals surface area contributed by atoms with E-state index in [0.29, 0.717) is 25.2 Å². The molecular weight excluding hydrogens is 374 g/mol. The van der Waals surface area contributed by atoms with E-state index in [4.69, 9.17) is 0 Å². The van der Waals surface area contributed by atoms with E-state index >= 15 is 0 Å². The Morgan fingerprint density at radius 1 is 0.700 bits per heavy atom. The summed E-state index contributed by atoms with van der Waals surface area (Å²) in [6, 6.07) is 25.2. The maximum Gasteiger partial charge on any atom is 0.315 e. The summed E-state index contributed by atoms with van der Waals surface area (Å²) in [6.07, 6.45) is 0.796. The standard InChI is InChI=1S/C25H27N3O2/c1-19-8-5-6-13-23(19)24(29)27-17-21-11-7-12-22(16-21)18-28-25(30)26-15-14-20-9-3-2-4-10-20/h2-13,16H,14-15,17-18H2,1H3,(H,27,29)(H2,26,28,30). The van der Waals surface area contributed by atoms with Gasteiger partial charge in [-0.15, -0.1) is 0 Å². The van der Waals surface area contributed by atoms with Crippen molar-refractivity contribution in [1.82, 2.24) is 16.0 Å². The minimum Gasteiger partial charge on any atom is -0.348 e. The number of benzene rings is 3. The summed E-state index contributed by atoms with van der Waals surface area (Å²) in [5.41, 5.74) is 4.79. The number of carbonyl (C=O) groups excluding carboxylic acids is 2. The van der Waals surface area contributed by atoms with E-state index in [9.17, 15) is 9.59 Å². The molecule has 5 nitrogen and oxygen atoms in total. The molecule has 3 amide bonds. The molecule has 0 unspecified atom stereocenters. The lowest BCUT2D eigenvalue weighted by molar-refractivity contribution is 0.0950. The second kappa shape index (κ2) is 10.8. The van der Waals surface area contributed by atoms with Gasteiger partial charge in [0.1, 0.15) is 0 Å². The molecule has 0 spiro atoms. The Labute approximate surface area is 177 Å². The fourth-order valence-corrected chi connectivity index (χ4v) is 3.16. The molecule has 30 heavy (non-hydrogen) atoms. The Morgan fingerprint density at radius 3 is 2.07 bits per heavy atom. The Kier molecular flexibility index (Phi) is 7.61. The third-order valence-electron chi connectivity index (χ3n) is 4.83. The number of aryl methyl sites for hydroxylation is 1. The summed E-state index contributed by atoms with van der Waals surface area (Å²) in [5, 5.41) is 8.70. The molecule has 0 aliphatic rings.